The van der Waals surface area contributed by atoms with Crippen molar-refractivity contribution in [2.75, 3.05) is 7.05 Å². The van der Waals surface area contributed by atoms with Crippen LogP contribution in [0.3, 0.4) is 0 Å². The third kappa shape index (κ3) is 2.48. The van der Waals surface area contributed by atoms with Crippen LogP contribution in [0.1, 0.15) is 40.5 Å². The molecule has 0 fully saturated rings. The van der Waals surface area contributed by atoms with Gasteiger partial charge in [0.15, 0.2) is 0 Å². The van der Waals surface area contributed by atoms with Crippen molar-refractivity contribution in [2.24, 2.45) is 0 Å². The highest BCUT2D eigenvalue weighted by molar-refractivity contribution is 5.98. The van der Waals surface area contributed by atoms with Gasteiger partial charge in [-0.15, -0.1) is 0 Å². The Bertz CT molecular complexity index is 915. The van der Waals surface area contributed by atoms with Gasteiger partial charge in [-0.1, -0.05) is 24.3 Å². The molecule has 0 radical (unpaired) electrons. The molecule has 122 valence electrons. The van der Waals surface area contributed by atoms with Gasteiger partial charge < -0.3 is 9.88 Å². The van der Waals surface area contributed by atoms with E-state index in [9.17, 15) is 9.18 Å². The van der Waals surface area contributed by atoms with Crippen molar-refractivity contribution in [3.8, 4) is 0 Å². The predicted molar refractivity (Wildman–Crippen MR) is 92.5 cm³/mol. The molecule has 3 nitrogen and oxygen atoms in total. The van der Waals surface area contributed by atoms with Crippen molar-refractivity contribution < 1.29 is 9.18 Å². The maximum atomic E-state index is 13.4. The summed E-state index contributed by atoms with van der Waals surface area (Å²) >= 11 is 0. The zero-order chi connectivity index (χ0) is 16.7. The van der Waals surface area contributed by atoms with E-state index < -0.39 is 0 Å². The highest BCUT2D eigenvalue weighted by Gasteiger charge is 2.27. The molecule has 1 aromatic heterocycles. The van der Waals surface area contributed by atoms with E-state index in [0.29, 0.717) is 5.69 Å². The van der Waals surface area contributed by atoms with E-state index in [1.807, 2.05) is 13.1 Å². The molecule has 1 amide bonds. The predicted octanol–water partition coefficient (Wildman–Crippen LogP) is 4.46. The van der Waals surface area contributed by atoms with E-state index >= 15 is 0 Å². The molecule has 0 bridgehead atoms. The van der Waals surface area contributed by atoms with Crippen LogP contribution >= 0.6 is 0 Å². The first kappa shape index (κ1) is 14.9. The van der Waals surface area contributed by atoms with Gasteiger partial charge in [0.1, 0.15) is 11.5 Å². The van der Waals surface area contributed by atoms with Crippen LogP contribution in [-0.4, -0.2) is 22.8 Å². The van der Waals surface area contributed by atoms with Gasteiger partial charge in [-0.25, -0.2) is 4.39 Å². The van der Waals surface area contributed by atoms with Crippen LogP contribution < -0.4 is 0 Å². The van der Waals surface area contributed by atoms with Gasteiger partial charge in [0.25, 0.3) is 5.91 Å². The van der Waals surface area contributed by atoms with Crippen LogP contribution in [0.4, 0.5) is 4.39 Å². The number of aromatic nitrogens is 1. The molecule has 1 aliphatic carbocycles. The van der Waals surface area contributed by atoms with Gasteiger partial charge in [0, 0.05) is 18.0 Å². The van der Waals surface area contributed by atoms with Crippen LogP contribution in [0, 0.1) is 5.82 Å². The molecule has 1 aliphatic rings. The average molecular weight is 322 g/mol. The number of amides is 1. The summed E-state index contributed by atoms with van der Waals surface area (Å²) in [4.78, 5) is 17.8. The fraction of sp³-hybridized carbons (Fsp3) is 0.250. The number of fused-ring (bicyclic) bond motifs is 2. The lowest BCUT2D eigenvalue weighted by Crippen LogP contribution is -2.33. The fourth-order valence-corrected chi connectivity index (χ4v) is 3.68. The van der Waals surface area contributed by atoms with Gasteiger partial charge in [-0.05, 0) is 54.7 Å². The van der Waals surface area contributed by atoms with Crippen molar-refractivity contribution in [3.05, 3.63) is 71.2 Å². The summed E-state index contributed by atoms with van der Waals surface area (Å²) in [7, 11) is 1.85. The summed E-state index contributed by atoms with van der Waals surface area (Å²) in [5, 5.41) is 0.718. The summed E-state index contributed by atoms with van der Waals surface area (Å²) in [6, 6.07) is 14.7. The topological polar surface area (TPSA) is 36.1 Å². The average Bonchev–Trinajstić information content (AvgIpc) is 3.03. The number of carbonyl (C=O) groups excluding carboxylic acids is 1. The largest absolute Gasteiger partial charge is 0.351 e. The second-order valence-corrected chi connectivity index (χ2v) is 6.44. The Balaban J connectivity index is 1.66. The molecule has 4 rings (SSSR count). The van der Waals surface area contributed by atoms with Crippen LogP contribution in [0.5, 0.6) is 0 Å². The minimum atomic E-state index is -0.296. The highest BCUT2D eigenvalue weighted by Crippen LogP contribution is 2.34. The molecule has 4 heteroatoms. The number of aryl methyl sites for hydroxylation is 1. The highest BCUT2D eigenvalue weighted by atomic mass is 19.1. The summed E-state index contributed by atoms with van der Waals surface area (Å²) in [5.41, 5.74) is 3.84. The third-order valence-electron chi connectivity index (χ3n) is 4.94. The molecule has 24 heavy (non-hydrogen) atoms. The summed E-state index contributed by atoms with van der Waals surface area (Å²) in [6.45, 7) is 0. The van der Waals surface area contributed by atoms with E-state index in [-0.39, 0.29) is 17.8 Å². The van der Waals surface area contributed by atoms with E-state index in [0.717, 1.165) is 30.2 Å². The number of rotatable bonds is 2. The maximum Gasteiger partial charge on any atom is 0.270 e. The molecule has 0 spiro atoms. The molecular formula is C20H19FN2O. The lowest BCUT2D eigenvalue weighted by molar-refractivity contribution is 0.0710. The van der Waals surface area contributed by atoms with E-state index in [1.54, 1.807) is 17.0 Å². The fourth-order valence-electron chi connectivity index (χ4n) is 3.68. The number of H-pyrrole nitrogens is 1. The SMILES string of the molecule is CN(C(=O)c1cc2cc(F)ccc2[nH]1)C1CCCc2ccccc21. The van der Waals surface area contributed by atoms with E-state index in [2.05, 4.69) is 23.2 Å². The Labute approximate surface area is 140 Å². The Morgan fingerprint density at radius 3 is 2.92 bits per heavy atom. The minimum Gasteiger partial charge on any atom is -0.351 e. The van der Waals surface area contributed by atoms with Crippen LogP contribution in [-0.2, 0) is 6.42 Å². The van der Waals surface area contributed by atoms with Crippen LogP contribution in [0.25, 0.3) is 10.9 Å². The van der Waals surface area contributed by atoms with E-state index in [1.165, 1.54) is 23.3 Å². The quantitative estimate of drug-likeness (QED) is 0.743. The Morgan fingerprint density at radius 1 is 1.21 bits per heavy atom. The van der Waals surface area contributed by atoms with Gasteiger partial charge in [-0.3, -0.25) is 4.79 Å². The normalized spacial score (nSPS) is 16.8. The van der Waals surface area contributed by atoms with Crippen molar-refractivity contribution in [2.45, 2.75) is 25.3 Å². The molecule has 0 saturated heterocycles. The standard InChI is InChI=1S/C20H19FN2O/c1-23(19-8-4-6-13-5-2-3-7-16(13)19)20(24)18-12-14-11-15(21)9-10-17(14)22-18/h2-3,5,7,9-12,19,22H,4,6,8H2,1H3. The summed E-state index contributed by atoms with van der Waals surface area (Å²) in [6.07, 6.45) is 3.12. The molecule has 1 atom stereocenters. The number of hydrogen-bond acceptors (Lipinski definition) is 1. The smallest absolute Gasteiger partial charge is 0.270 e. The zero-order valence-electron chi connectivity index (χ0n) is 13.6. The number of nitrogens with one attached hydrogen (secondary N) is 1. The molecule has 1 heterocycles. The molecule has 0 aliphatic heterocycles. The molecular weight excluding hydrogens is 303 g/mol. The van der Waals surface area contributed by atoms with Crippen molar-refractivity contribution >= 4 is 16.8 Å². The maximum absolute atomic E-state index is 13.4. The third-order valence-corrected chi connectivity index (χ3v) is 4.94. The van der Waals surface area contributed by atoms with Gasteiger partial charge in [0.2, 0.25) is 0 Å². The van der Waals surface area contributed by atoms with Crippen molar-refractivity contribution in [1.82, 2.24) is 9.88 Å². The molecule has 1 unspecified atom stereocenters. The zero-order valence-corrected chi connectivity index (χ0v) is 13.6. The van der Waals surface area contributed by atoms with Gasteiger partial charge in [0.05, 0.1) is 6.04 Å². The Morgan fingerprint density at radius 2 is 2.04 bits per heavy atom. The van der Waals surface area contributed by atoms with E-state index in [4.69, 9.17) is 0 Å². The summed E-state index contributed by atoms with van der Waals surface area (Å²) in [5.74, 6) is -0.358. The van der Waals surface area contributed by atoms with Crippen LogP contribution in [0.15, 0.2) is 48.5 Å². The first-order valence-corrected chi connectivity index (χ1v) is 8.27. The monoisotopic (exact) mass is 322 g/mol. The van der Waals surface area contributed by atoms with Crippen LogP contribution in [0.2, 0.25) is 0 Å². The lowest BCUT2D eigenvalue weighted by atomic mass is 9.87. The van der Waals surface area contributed by atoms with Crippen molar-refractivity contribution in [1.29, 1.82) is 0 Å². The lowest BCUT2D eigenvalue weighted by Gasteiger charge is -2.33. The molecule has 2 aromatic carbocycles. The summed E-state index contributed by atoms with van der Waals surface area (Å²) < 4.78 is 13.4. The number of carbonyl (C=O) groups is 1. The van der Waals surface area contributed by atoms with Gasteiger partial charge in [-0.2, -0.15) is 0 Å². The number of nitrogens with zero attached hydrogens (tertiary/aromatic N) is 1. The number of halogens is 1. The molecule has 3 aromatic rings. The molecule has 0 saturated carbocycles. The Hall–Kier alpha value is -2.62. The first-order chi connectivity index (χ1) is 11.6. The first-order valence-electron chi connectivity index (χ1n) is 8.27. The second-order valence-electron chi connectivity index (χ2n) is 6.44. The Kier molecular flexibility index (Phi) is 3.60. The number of aromatic amines is 1. The second kappa shape index (κ2) is 5.78. The van der Waals surface area contributed by atoms with Gasteiger partial charge >= 0.3 is 0 Å². The number of benzene rings is 2. The van der Waals surface area contributed by atoms with Crippen molar-refractivity contribution in [3.63, 3.8) is 0 Å². The minimum absolute atomic E-state index is 0.0617. The number of hydrogen-bond donors (Lipinski definition) is 1. The molecule has 1 N–H and O–H groups in total.